The van der Waals surface area contributed by atoms with E-state index in [9.17, 15) is 37.1 Å². The van der Waals surface area contributed by atoms with Gasteiger partial charge in [0.1, 0.15) is 11.4 Å². The lowest BCUT2D eigenvalue weighted by atomic mass is 9.89. The molecule has 2 aromatic rings. The van der Waals surface area contributed by atoms with Gasteiger partial charge in [-0.15, -0.1) is 0 Å². The van der Waals surface area contributed by atoms with Crippen LogP contribution in [-0.4, -0.2) is 116 Å². The zero-order chi connectivity index (χ0) is 41.9. The minimum absolute atomic E-state index is 0.00472. The van der Waals surface area contributed by atoms with Crippen molar-refractivity contribution in [2.75, 3.05) is 38.1 Å². The average molecular weight is 827 g/mol. The highest BCUT2D eigenvalue weighted by Crippen LogP contribution is 2.42. The molecule has 0 bridgehead atoms. The summed E-state index contributed by atoms with van der Waals surface area (Å²) < 4.78 is 47.8. The van der Waals surface area contributed by atoms with Crippen molar-refractivity contribution in [3.8, 4) is 6.07 Å². The first-order valence-corrected chi connectivity index (χ1v) is 20.4. The summed E-state index contributed by atoms with van der Waals surface area (Å²) in [6.07, 6.45) is 0.909. The molecule has 3 atom stereocenters. The number of aromatic nitrogens is 1. The Labute approximate surface area is 339 Å². The number of carbonyl (C=O) groups excluding carboxylic acids is 5. The molecule has 6 amide bonds. The molecule has 3 saturated heterocycles. The number of piperazine rings is 1. The number of pyridine rings is 1. The van der Waals surface area contributed by atoms with E-state index in [2.05, 4.69) is 39.3 Å². The number of urea groups is 1. The standard InChI is InChI=1S/C40H49F3N8O6S/c1-24-21-48(22-25(2)49(24)23-35(53)46-33-18-26(14-15-45-33)31-12-13-34(52)47-36(31)54)16-5-17-57-29-9-7-28(8-10-29)50-38(56)51(37(55)39(50,3)4)58-30-11-6-27(20-44)32(19-30)40(41,42)43/h6,11,14-15,18-19,24-25,28-29,31H,5,7-10,12-13,16-17,21-23H2,1-4H3,(H,45,46,53)(H,47,52,54)/t24-,25+,28?,29?,31?. The molecule has 1 aromatic carbocycles. The Bertz CT molecular complexity index is 1940. The molecular formula is C40H49F3N8O6S. The zero-order valence-corrected chi connectivity index (χ0v) is 33.8. The van der Waals surface area contributed by atoms with E-state index in [0.29, 0.717) is 62.0 Å². The molecule has 4 fully saturated rings. The van der Waals surface area contributed by atoms with Crippen LogP contribution in [0.3, 0.4) is 0 Å². The number of hydrogen-bond acceptors (Lipinski definition) is 11. The highest BCUT2D eigenvalue weighted by Gasteiger charge is 2.55. The third-order valence-electron chi connectivity index (χ3n) is 11.5. The monoisotopic (exact) mass is 826 g/mol. The SMILES string of the molecule is C[C@@H]1CN(CCCOC2CCC(N3C(=O)N(Sc4ccc(C#N)c(C(F)(F)F)c4)C(=O)C3(C)C)CC2)C[C@H](C)N1CC(=O)Nc1cc(C2CCC(=O)NC2=O)ccn1. The van der Waals surface area contributed by atoms with Crippen molar-refractivity contribution >= 4 is 47.4 Å². The summed E-state index contributed by atoms with van der Waals surface area (Å²) in [6.45, 7) is 10.7. The van der Waals surface area contributed by atoms with Crippen molar-refractivity contribution in [3.05, 3.63) is 53.2 Å². The number of piperidine rings is 1. The number of nitrogens with one attached hydrogen (secondary N) is 2. The fourth-order valence-electron chi connectivity index (χ4n) is 8.55. The molecule has 0 spiro atoms. The predicted molar refractivity (Wildman–Crippen MR) is 207 cm³/mol. The summed E-state index contributed by atoms with van der Waals surface area (Å²) in [5.74, 6) is -1.45. The molecule has 4 aliphatic rings. The Morgan fingerprint density at radius 1 is 1.05 bits per heavy atom. The minimum atomic E-state index is -4.76. The Kier molecular flexibility index (Phi) is 13.2. The van der Waals surface area contributed by atoms with Crippen molar-refractivity contribution in [1.29, 1.82) is 5.26 Å². The van der Waals surface area contributed by atoms with Gasteiger partial charge >= 0.3 is 12.2 Å². The summed E-state index contributed by atoms with van der Waals surface area (Å²) in [5, 5.41) is 14.4. The smallest absolute Gasteiger partial charge is 0.378 e. The molecule has 1 unspecified atom stereocenters. The lowest BCUT2D eigenvalue weighted by molar-refractivity contribution is -0.138. The molecule has 1 saturated carbocycles. The van der Waals surface area contributed by atoms with Gasteiger partial charge in [0.25, 0.3) is 5.91 Å². The van der Waals surface area contributed by atoms with Crippen LogP contribution < -0.4 is 10.6 Å². The Morgan fingerprint density at radius 2 is 1.76 bits per heavy atom. The van der Waals surface area contributed by atoms with Gasteiger partial charge in [0, 0.05) is 61.9 Å². The first-order chi connectivity index (χ1) is 27.5. The maximum Gasteiger partial charge on any atom is 0.417 e. The van der Waals surface area contributed by atoms with E-state index in [4.69, 9.17) is 10.00 Å². The lowest BCUT2D eigenvalue weighted by Crippen LogP contribution is -2.58. The van der Waals surface area contributed by atoms with Crippen molar-refractivity contribution in [2.24, 2.45) is 0 Å². The highest BCUT2D eigenvalue weighted by atomic mass is 32.2. The van der Waals surface area contributed by atoms with E-state index in [1.807, 2.05) is 0 Å². The number of hydrogen-bond donors (Lipinski definition) is 2. The molecule has 3 aliphatic heterocycles. The fraction of sp³-hybridized carbons (Fsp3) is 0.575. The van der Waals surface area contributed by atoms with E-state index < -0.39 is 40.7 Å². The second kappa shape index (κ2) is 17.7. The van der Waals surface area contributed by atoms with Crippen LogP contribution in [0.25, 0.3) is 0 Å². The van der Waals surface area contributed by atoms with Gasteiger partial charge in [-0.25, -0.2) is 9.78 Å². The predicted octanol–water partition coefficient (Wildman–Crippen LogP) is 5.29. The molecule has 312 valence electrons. The maximum absolute atomic E-state index is 13.6. The van der Waals surface area contributed by atoms with E-state index in [0.717, 1.165) is 42.5 Å². The first kappa shape index (κ1) is 43.0. The van der Waals surface area contributed by atoms with Gasteiger partial charge in [-0.05, 0) is 114 Å². The third kappa shape index (κ3) is 9.65. The number of nitriles is 1. The van der Waals surface area contributed by atoms with Crippen LogP contribution in [-0.2, 0) is 30.1 Å². The largest absolute Gasteiger partial charge is 0.417 e. The summed E-state index contributed by atoms with van der Waals surface area (Å²) in [7, 11) is 0. The number of nitrogens with zero attached hydrogens (tertiary/aromatic N) is 6. The van der Waals surface area contributed by atoms with Gasteiger partial charge in [0.15, 0.2) is 0 Å². The second-order valence-electron chi connectivity index (χ2n) is 16.0. The Morgan fingerprint density at radius 3 is 2.41 bits per heavy atom. The molecule has 1 aliphatic carbocycles. The molecule has 0 radical (unpaired) electrons. The van der Waals surface area contributed by atoms with Crippen LogP contribution in [0.1, 0.15) is 95.2 Å². The van der Waals surface area contributed by atoms with Crippen LogP contribution in [0.2, 0.25) is 0 Å². The number of amides is 6. The number of anilines is 1. The van der Waals surface area contributed by atoms with Crippen molar-refractivity contribution in [3.63, 3.8) is 0 Å². The van der Waals surface area contributed by atoms with Crippen molar-refractivity contribution in [1.82, 2.24) is 29.3 Å². The van der Waals surface area contributed by atoms with Gasteiger partial charge in [0.05, 0.1) is 35.8 Å². The number of benzene rings is 1. The van der Waals surface area contributed by atoms with Crippen LogP contribution in [0.5, 0.6) is 0 Å². The normalized spacial score (nSPS) is 25.8. The van der Waals surface area contributed by atoms with E-state index in [1.54, 1.807) is 37.1 Å². The van der Waals surface area contributed by atoms with Crippen molar-refractivity contribution in [2.45, 2.75) is 119 Å². The quantitative estimate of drug-likeness (QED) is 0.124. The van der Waals surface area contributed by atoms with Crippen LogP contribution in [0, 0.1) is 11.3 Å². The van der Waals surface area contributed by atoms with E-state index in [1.165, 1.54) is 12.1 Å². The summed E-state index contributed by atoms with van der Waals surface area (Å²) >= 11 is 0.634. The van der Waals surface area contributed by atoms with E-state index in [-0.39, 0.29) is 59.8 Å². The molecule has 1 aromatic heterocycles. The summed E-state index contributed by atoms with van der Waals surface area (Å²) in [4.78, 5) is 74.4. The topological polar surface area (TPSA) is 168 Å². The van der Waals surface area contributed by atoms with Crippen molar-refractivity contribution < 1.29 is 41.9 Å². The first-order valence-electron chi connectivity index (χ1n) is 19.6. The number of ether oxygens (including phenoxy) is 1. The van der Waals surface area contributed by atoms with Gasteiger partial charge in [-0.1, -0.05) is 0 Å². The van der Waals surface area contributed by atoms with Crippen LogP contribution >= 0.6 is 11.9 Å². The fourth-order valence-corrected chi connectivity index (χ4v) is 9.53. The number of alkyl halides is 3. The van der Waals surface area contributed by atoms with E-state index >= 15 is 0 Å². The minimum Gasteiger partial charge on any atom is -0.378 e. The Balaban J connectivity index is 0.917. The average Bonchev–Trinajstić information content (AvgIpc) is 3.33. The van der Waals surface area contributed by atoms with Crippen LogP contribution in [0.4, 0.5) is 23.8 Å². The number of rotatable bonds is 12. The van der Waals surface area contributed by atoms with Gasteiger partial charge in [-0.3, -0.25) is 29.4 Å². The maximum atomic E-state index is 13.6. The molecule has 18 heteroatoms. The van der Waals surface area contributed by atoms with Gasteiger partial charge in [0.2, 0.25) is 17.7 Å². The second-order valence-corrected chi connectivity index (χ2v) is 17.0. The molecule has 14 nitrogen and oxygen atoms in total. The summed E-state index contributed by atoms with van der Waals surface area (Å²) in [5.41, 5.74) is -2.14. The molecule has 2 N–H and O–H groups in total. The van der Waals surface area contributed by atoms with Gasteiger partial charge < -0.3 is 19.9 Å². The lowest BCUT2D eigenvalue weighted by Gasteiger charge is -2.44. The Hall–Kier alpha value is -4.57. The zero-order valence-electron chi connectivity index (χ0n) is 33.0. The number of halogens is 3. The van der Waals surface area contributed by atoms with Gasteiger partial charge in [-0.2, -0.15) is 22.7 Å². The number of carbonyl (C=O) groups is 5. The molecule has 4 heterocycles. The number of imide groups is 2. The molecular weight excluding hydrogens is 778 g/mol. The third-order valence-corrected chi connectivity index (χ3v) is 12.5. The molecule has 6 rings (SSSR count). The van der Waals surface area contributed by atoms with Crippen LogP contribution in [0.15, 0.2) is 41.4 Å². The summed E-state index contributed by atoms with van der Waals surface area (Å²) in [6, 6.07) is 7.52. The molecule has 58 heavy (non-hydrogen) atoms. The highest BCUT2D eigenvalue weighted by molar-refractivity contribution is 7.98.